The molecule has 0 aromatic carbocycles. The van der Waals surface area contributed by atoms with Crippen molar-refractivity contribution in [3.8, 4) is 0 Å². The van der Waals surface area contributed by atoms with Gasteiger partial charge in [0.1, 0.15) is 0 Å². The van der Waals surface area contributed by atoms with Crippen LogP contribution >= 0.6 is 0 Å². The average Bonchev–Trinajstić information content (AvgIpc) is 2.33. The molecule has 108 valence electrons. The van der Waals surface area contributed by atoms with Gasteiger partial charge in [0.15, 0.2) is 0 Å². The van der Waals surface area contributed by atoms with E-state index in [0.29, 0.717) is 0 Å². The van der Waals surface area contributed by atoms with Crippen LogP contribution in [0.2, 0.25) is 0 Å². The summed E-state index contributed by atoms with van der Waals surface area (Å²) in [6, 6.07) is 0. The van der Waals surface area contributed by atoms with Crippen LogP contribution in [-0.2, 0) is 0 Å². The zero-order valence-electron chi connectivity index (χ0n) is 13.6. The fourth-order valence-corrected chi connectivity index (χ4v) is 2.64. The van der Waals surface area contributed by atoms with Crippen LogP contribution in [0.15, 0.2) is 11.6 Å². The second-order valence-corrected chi connectivity index (χ2v) is 6.17. The molecule has 0 fully saturated rings. The summed E-state index contributed by atoms with van der Waals surface area (Å²) < 4.78 is 0. The van der Waals surface area contributed by atoms with Crippen molar-refractivity contribution in [3.63, 3.8) is 0 Å². The first kappa shape index (κ1) is 17.7. The molecule has 0 heterocycles. The normalized spacial score (nSPS) is 15.7. The lowest BCUT2D eigenvalue weighted by Gasteiger charge is -2.11. The number of rotatable bonds is 11. The zero-order valence-corrected chi connectivity index (χ0v) is 13.6. The number of hydrogen-bond donors (Lipinski definition) is 0. The SMILES string of the molecule is CCCC(C)CCCCCC=C(C)C(C)CCC. The Bertz CT molecular complexity index is 202. The molecular weight excluding hydrogens is 216 g/mol. The third kappa shape index (κ3) is 9.74. The standard InChI is InChI=1S/C18H36/c1-6-12-16(3)14-10-8-9-11-15-18(5)17(4)13-7-2/h15-17H,6-14H2,1-5H3. The van der Waals surface area contributed by atoms with Crippen molar-refractivity contribution in [2.75, 3.05) is 0 Å². The van der Waals surface area contributed by atoms with E-state index in [1.165, 1.54) is 57.8 Å². The molecular formula is C18H36. The molecule has 2 unspecified atom stereocenters. The van der Waals surface area contributed by atoms with Crippen molar-refractivity contribution in [2.45, 2.75) is 92.4 Å². The van der Waals surface area contributed by atoms with E-state index >= 15 is 0 Å². The third-order valence-corrected chi connectivity index (χ3v) is 4.15. The van der Waals surface area contributed by atoms with E-state index in [4.69, 9.17) is 0 Å². The van der Waals surface area contributed by atoms with Crippen molar-refractivity contribution in [1.82, 2.24) is 0 Å². The Kier molecular flexibility index (Phi) is 11.6. The summed E-state index contributed by atoms with van der Waals surface area (Å²) in [7, 11) is 0. The maximum Gasteiger partial charge on any atom is -0.0235 e. The van der Waals surface area contributed by atoms with Gasteiger partial charge in [0.25, 0.3) is 0 Å². The monoisotopic (exact) mass is 252 g/mol. The summed E-state index contributed by atoms with van der Waals surface area (Å²) >= 11 is 0. The lowest BCUT2D eigenvalue weighted by atomic mass is 9.95. The van der Waals surface area contributed by atoms with Gasteiger partial charge in [-0.2, -0.15) is 0 Å². The topological polar surface area (TPSA) is 0 Å². The van der Waals surface area contributed by atoms with Crippen molar-refractivity contribution in [3.05, 3.63) is 11.6 Å². The van der Waals surface area contributed by atoms with Crippen LogP contribution in [0.5, 0.6) is 0 Å². The highest BCUT2D eigenvalue weighted by Gasteiger charge is 2.02. The fraction of sp³-hybridized carbons (Fsp3) is 0.889. The summed E-state index contributed by atoms with van der Waals surface area (Å²) in [5, 5.41) is 0. The van der Waals surface area contributed by atoms with Gasteiger partial charge in [-0.1, -0.05) is 77.9 Å². The molecule has 0 rings (SSSR count). The van der Waals surface area contributed by atoms with Gasteiger partial charge in [0.2, 0.25) is 0 Å². The van der Waals surface area contributed by atoms with Crippen LogP contribution in [0.25, 0.3) is 0 Å². The molecule has 0 radical (unpaired) electrons. The predicted octanol–water partition coefficient (Wildman–Crippen LogP) is 6.76. The maximum atomic E-state index is 2.48. The summed E-state index contributed by atoms with van der Waals surface area (Å²) in [6.07, 6.45) is 14.8. The molecule has 0 spiro atoms. The lowest BCUT2D eigenvalue weighted by Crippen LogP contribution is -1.95. The molecule has 0 aliphatic carbocycles. The Balaban J connectivity index is 3.52. The smallest absolute Gasteiger partial charge is 0.0235 e. The first-order chi connectivity index (χ1) is 8.61. The fourth-order valence-electron chi connectivity index (χ4n) is 2.64. The third-order valence-electron chi connectivity index (χ3n) is 4.15. The molecule has 0 bridgehead atoms. The first-order valence-corrected chi connectivity index (χ1v) is 8.28. The van der Waals surface area contributed by atoms with Gasteiger partial charge in [-0.15, -0.1) is 0 Å². The van der Waals surface area contributed by atoms with Crippen LogP contribution < -0.4 is 0 Å². The predicted molar refractivity (Wildman–Crippen MR) is 85.0 cm³/mol. The van der Waals surface area contributed by atoms with Gasteiger partial charge in [-0.3, -0.25) is 0 Å². The second kappa shape index (κ2) is 11.8. The average molecular weight is 252 g/mol. The molecule has 0 heteroatoms. The molecule has 0 aromatic rings. The zero-order chi connectivity index (χ0) is 13.8. The molecule has 0 saturated heterocycles. The van der Waals surface area contributed by atoms with Gasteiger partial charge in [0.05, 0.1) is 0 Å². The molecule has 0 nitrogen and oxygen atoms in total. The van der Waals surface area contributed by atoms with E-state index in [0.717, 1.165) is 11.8 Å². The summed E-state index contributed by atoms with van der Waals surface area (Å²) in [5.74, 6) is 1.73. The molecule has 0 aliphatic heterocycles. The summed E-state index contributed by atoms with van der Waals surface area (Å²) in [5.41, 5.74) is 1.61. The summed E-state index contributed by atoms with van der Waals surface area (Å²) in [6.45, 7) is 11.6. The Morgan fingerprint density at radius 3 is 2.17 bits per heavy atom. The van der Waals surface area contributed by atoms with Gasteiger partial charge in [-0.05, 0) is 38.0 Å². The number of hydrogen-bond acceptors (Lipinski definition) is 0. The van der Waals surface area contributed by atoms with E-state index in [1.54, 1.807) is 5.57 Å². The molecule has 0 aromatic heterocycles. The maximum absolute atomic E-state index is 2.48. The number of allylic oxidation sites excluding steroid dienone is 2. The quantitative estimate of drug-likeness (QED) is 0.281. The van der Waals surface area contributed by atoms with Crippen LogP contribution in [0.1, 0.15) is 92.4 Å². The minimum absolute atomic E-state index is 0.791. The van der Waals surface area contributed by atoms with Gasteiger partial charge in [-0.25, -0.2) is 0 Å². The summed E-state index contributed by atoms with van der Waals surface area (Å²) in [4.78, 5) is 0. The first-order valence-electron chi connectivity index (χ1n) is 8.28. The molecule has 0 saturated carbocycles. The van der Waals surface area contributed by atoms with Crippen molar-refractivity contribution < 1.29 is 0 Å². The van der Waals surface area contributed by atoms with Gasteiger partial charge >= 0.3 is 0 Å². The van der Waals surface area contributed by atoms with Gasteiger partial charge in [0, 0.05) is 0 Å². The Hall–Kier alpha value is -0.260. The molecule has 18 heavy (non-hydrogen) atoms. The van der Waals surface area contributed by atoms with Crippen LogP contribution in [0.4, 0.5) is 0 Å². The highest BCUT2D eigenvalue weighted by Crippen LogP contribution is 2.18. The van der Waals surface area contributed by atoms with Gasteiger partial charge < -0.3 is 0 Å². The highest BCUT2D eigenvalue weighted by atomic mass is 14.1. The Morgan fingerprint density at radius 1 is 0.889 bits per heavy atom. The van der Waals surface area contributed by atoms with Crippen LogP contribution in [0.3, 0.4) is 0 Å². The van der Waals surface area contributed by atoms with Crippen LogP contribution in [-0.4, -0.2) is 0 Å². The van der Waals surface area contributed by atoms with E-state index in [1.807, 2.05) is 0 Å². The van der Waals surface area contributed by atoms with E-state index < -0.39 is 0 Å². The lowest BCUT2D eigenvalue weighted by molar-refractivity contribution is 0.456. The second-order valence-electron chi connectivity index (χ2n) is 6.17. The number of unbranched alkanes of at least 4 members (excludes halogenated alkanes) is 3. The molecule has 0 N–H and O–H groups in total. The van der Waals surface area contributed by atoms with E-state index in [-0.39, 0.29) is 0 Å². The van der Waals surface area contributed by atoms with E-state index in [2.05, 4.69) is 40.7 Å². The largest absolute Gasteiger partial charge is 0.0853 e. The minimum Gasteiger partial charge on any atom is -0.0853 e. The highest BCUT2D eigenvalue weighted by molar-refractivity contribution is 5.01. The molecule has 0 aliphatic rings. The van der Waals surface area contributed by atoms with Crippen molar-refractivity contribution >= 4 is 0 Å². The molecule has 2 atom stereocenters. The van der Waals surface area contributed by atoms with Crippen molar-refractivity contribution in [2.24, 2.45) is 11.8 Å². The Morgan fingerprint density at radius 2 is 1.56 bits per heavy atom. The Labute approximate surface area is 116 Å². The minimum atomic E-state index is 0.791. The van der Waals surface area contributed by atoms with E-state index in [9.17, 15) is 0 Å². The van der Waals surface area contributed by atoms with Crippen LogP contribution in [0, 0.1) is 11.8 Å². The van der Waals surface area contributed by atoms with Crippen molar-refractivity contribution in [1.29, 1.82) is 0 Å². The molecule has 0 amide bonds.